The number of carbonyl (C=O) groups is 2. The van der Waals surface area contributed by atoms with Crippen LogP contribution in [0.2, 0.25) is 0 Å². The molecule has 2 amide bonds. The number of nitrogens with two attached hydrogens (primary N) is 1. The second-order valence-corrected chi connectivity index (χ2v) is 9.75. The number of halogens is 1. The zero-order valence-corrected chi connectivity index (χ0v) is 17.0. The first-order valence-corrected chi connectivity index (χ1v) is 10.0. The molecule has 142 valence electrons. The maximum Gasteiger partial charge on any atom is 0.249 e. The van der Waals surface area contributed by atoms with Gasteiger partial charge in [0.1, 0.15) is 23.5 Å². The Labute approximate surface area is 167 Å². The quantitative estimate of drug-likeness (QED) is 0.588. The molecule has 2 fully saturated rings. The van der Waals surface area contributed by atoms with Crippen molar-refractivity contribution in [2.75, 3.05) is 0 Å². The van der Waals surface area contributed by atoms with Gasteiger partial charge in [-0.1, -0.05) is 28.1 Å². The standard InChI is InChI=1S/C16H18BrN7O2S/c1-16(2)11(12-20-22-23-21-12)24-14(26)10(15(24)27-16)19-13(25)9(18)7-3-5-8(17)6-4-7/h3-6,9-11,15H,18H2,1-2H3,(H,19,25)(H,20,21,22,23)/t9?,10?,11?,15-/m1/s1. The third-order valence-corrected chi connectivity index (χ3v) is 6.97. The SMILES string of the molecule is CC1(C)S[C@@H]2C(NC(=O)C(N)c3ccc(Br)cc3)C(=O)N2C1c1nnn[nH]1. The summed E-state index contributed by atoms with van der Waals surface area (Å²) in [6, 6.07) is 5.49. The Kier molecular flexibility index (Phi) is 4.47. The predicted molar refractivity (Wildman–Crippen MR) is 102 cm³/mol. The van der Waals surface area contributed by atoms with Gasteiger partial charge < -0.3 is 16.0 Å². The molecule has 27 heavy (non-hydrogen) atoms. The summed E-state index contributed by atoms with van der Waals surface area (Å²) >= 11 is 4.97. The van der Waals surface area contributed by atoms with Gasteiger partial charge in [0.05, 0.1) is 0 Å². The van der Waals surface area contributed by atoms with E-state index in [9.17, 15) is 9.59 Å². The van der Waals surface area contributed by atoms with Gasteiger partial charge in [0, 0.05) is 9.22 Å². The van der Waals surface area contributed by atoms with E-state index in [2.05, 4.69) is 41.9 Å². The summed E-state index contributed by atoms with van der Waals surface area (Å²) in [5.74, 6) is 0.00836. The van der Waals surface area contributed by atoms with E-state index in [1.54, 1.807) is 28.8 Å². The van der Waals surface area contributed by atoms with E-state index >= 15 is 0 Å². The first-order valence-electron chi connectivity index (χ1n) is 8.34. The molecule has 1 aromatic heterocycles. The summed E-state index contributed by atoms with van der Waals surface area (Å²) in [7, 11) is 0. The Bertz CT molecular complexity index is 873. The van der Waals surface area contributed by atoms with Crippen LogP contribution in [0.5, 0.6) is 0 Å². The lowest BCUT2D eigenvalue weighted by atomic mass is 9.95. The second kappa shape index (κ2) is 6.57. The minimum absolute atomic E-state index is 0.157. The molecule has 9 nitrogen and oxygen atoms in total. The molecule has 2 aliphatic heterocycles. The summed E-state index contributed by atoms with van der Waals surface area (Å²) in [5.41, 5.74) is 6.75. The van der Waals surface area contributed by atoms with Crippen LogP contribution < -0.4 is 11.1 Å². The van der Waals surface area contributed by atoms with Gasteiger partial charge >= 0.3 is 0 Å². The van der Waals surface area contributed by atoms with Crippen LogP contribution in [0.15, 0.2) is 28.7 Å². The molecule has 0 radical (unpaired) electrons. The van der Waals surface area contributed by atoms with Crippen molar-refractivity contribution in [1.29, 1.82) is 0 Å². The smallest absolute Gasteiger partial charge is 0.249 e. The molecule has 0 aliphatic carbocycles. The number of nitrogens with zero attached hydrogens (tertiary/aromatic N) is 4. The van der Waals surface area contributed by atoms with Crippen molar-refractivity contribution in [1.82, 2.24) is 30.8 Å². The Morgan fingerprint density at radius 2 is 2.11 bits per heavy atom. The number of aromatic nitrogens is 4. The maximum atomic E-state index is 12.7. The Balaban J connectivity index is 1.48. The number of aromatic amines is 1. The minimum Gasteiger partial charge on any atom is -0.340 e. The maximum absolute atomic E-state index is 12.7. The highest BCUT2D eigenvalue weighted by Crippen LogP contribution is 2.56. The number of carbonyl (C=O) groups excluding carboxylic acids is 2. The molecule has 0 spiro atoms. The van der Waals surface area contributed by atoms with Gasteiger partial charge in [0.15, 0.2) is 5.82 Å². The average Bonchev–Trinajstić information content (AvgIpc) is 3.23. The molecule has 4 rings (SSSR count). The molecule has 0 saturated carbocycles. The van der Waals surface area contributed by atoms with Crippen LogP contribution in [0, 0.1) is 0 Å². The largest absolute Gasteiger partial charge is 0.340 e. The van der Waals surface area contributed by atoms with Gasteiger partial charge in [0.2, 0.25) is 11.8 Å². The molecule has 4 N–H and O–H groups in total. The Morgan fingerprint density at radius 3 is 2.74 bits per heavy atom. The lowest BCUT2D eigenvalue weighted by Gasteiger charge is -2.44. The highest BCUT2D eigenvalue weighted by Gasteiger charge is 2.63. The first kappa shape index (κ1) is 18.4. The molecule has 2 saturated heterocycles. The number of H-pyrrole nitrogens is 1. The number of thioether (sulfide) groups is 1. The highest BCUT2D eigenvalue weighted by atomic mass is 79.9. The average molecular weight is 452 g/mol. The number of benzene rings is 1. The van der Waals surface area contributed by atoms with Crippen molar-refractivity contribution in [2.45, 2.75) is 42.1 Å². The first-order chi connectivity index (χ1) is 12.8. The third-order valence-electron chi connectivity index (χ3n) is 4.87. The van der Waals surface area contributed by atoms with Gasteiger partial charge in [-0.05, 0) is 42.0 Å². The van der Waals surface area contributed by atoms with Crippen molar-refractivity contribution in [3.8, 4) is 0 Å². The second-order valence-electron chi connectivity index (χ2n) is 7.06. The van der Waals surface area contributed by atoms with E-state index in [4.69, 9.17) is 5.73 Å². The van der Waals surface area contributed by atoms with E-state index in [1.165, 1.54) is 0 Å². The Hall–Kier alpha value is -1.98. The zero-order chi connectivity index (χ0) is 19.3. The van der Waals surface area contributed by atoms with E-state index < -0.39 is 12.1 Å². The molecule has 3 heterocycles. The van der Waals surface area contributed by atoms with Gasteiger partial charge in [-0.3, -0.25) is 9.59 Å². The monoisotopic (exact) mass is 451 g/mol. The van der Waals surface area contributed by atoms with Crippen molar-refractivity contribution >= 4 is 39.5 Å². The van der Waals surface area contributed by atoms with Gasteiger partial charge in [-0.15, -0.1) is 16.9 Å². The van der Waals surface area contributed by atoms with Crippen LogP contribution in [0.1, 0.15) is 37.3 Å². The lowest BCUT2D eigenvalue weighted by molar-refractivity contribution is -0.152. The number of tetrazole rings is 1. The molecule has 3 unspecified atom stereocenters. The van der Waals surface area contributed by atoms with E-state index in [1.807, 2.05) is 26.0 Å². The topological polar surface area (TPSA) is 130 Å². The number of rotatable bonds is 4. The summed E-state index contributed by atoms with van der Waals surface area (Å²) < 4.78 is 0.607. The summed E-state index contributed by atoms with van der Waals surface area (Å²) in [6.45, 7) is 4.06. The van der Waals surface area contributed by atoms with Crippen LogP contribution in [-0.2, 0) is 9.59 Å². The molecular formula is C16H18BrN7O2S. The third kappa shape index (κ3) is 3.03. The van der Waals surface area contributed by atoms with Crippen molar-refractivity contribution in [3.63, 3.8) is 0 Å². The van der Waals surface area contributed by atoms with E-state index in [0.29, 0.717) is 11.4 Å². The fourth-order valence-corrected chi connectivity index (χ4v) is 5.44. The number of hydrogen-bond donors (Lipinski definition) is 3. The molecular weight excluding hydrogens is 434 g/mol. The van der Waals surface area contributed by atoms with Crippen molar-refractivity contribution in [3.05, 3.63) is 40.1 Å². The van der Waals surface area contributed by atoms with Crippen LogP contribution in [0.3, 0.4) is 0 Å². The van der Waals surface area contributed by atoms with Crippen molar-refractivity contribution in [2.24, 2.45) is 5.73 Å². The predicted octanol–water partition coefficient (Wildman–Crippen LogP) is 0.882. The molecule has 2 aromatic rings. The number of β-lactam (4-membered cyclic amide) rings is 1. The van der Waals surface area contributed by atoms with Crippen LogP contribution in [0.25, 0.3) is 0 Å². The Morgan fingerprint density at radius 1 is 1.41 bits per heavy atom. The summed E-state index contributed by atoms with van der Waals surface area (Å²) in [6.07, 6.45) is 0. The lowest BCUT2D eigenvalue weighted by Crippen LogP contribution is -2.68. The number of hydrogen-bond acceptors (Lipinski definition) is 7. The number of amides is 2. The molecule has 1 aromatic carbocycles. The fourth-order valence-electron chi connectivity index (χ4n) is 3.54. The molecule has 11 heteroatoms. The zero-order valence-electron chi connectivity index (χ0n) is 14.6. The van der Waals surface area contributed by atoms with E-state index in [-0.39, 0.29) is 28.0 Å². The fraction of sp³-hybridized carbons (Fsp3) is 0.438. The summed E-state index contributed by atoms with van der Waals surface area (Å²) in [4.78, 5) is 27.0. The van der Waals surface area contributed by atoms with Crippen LogP contribution in [0.4, 0.5) is 0 Å². The van der Waals surface area contributed by atoms with Gasteiger partial charge in [-0.2, -0.15) is 0 Å². The van der Waals surface area contributed by atoms with E-state index in [0.717, 1.165) is 4.47 Å². The normalized spacial score (nSPS) is 27.0. The minimum atomic E-state index is -0.839. The highest BCUT2D eigenvalue weighted by molar-refractivity contribution is 9.10. The molecule has 2 aliphatic rings. The van der Waals surface area contributed by atoms with Crippen molar-refractivity contribution < 1.29 is 9.59 Å². The summed E-state index contributed by atoms with van der Waals surface area (Å²) in [5, 5.41) is 16.6. The van der Waals surface area contributed by atoms with Gasteiger partial charge in [0.25, 0.3) is 0 Å². The van der Waals surface area contributed by atoms with Crippen LogP contribution >= 0.6 is 27.7 Å². The number of nitrogens with one attached hydrogen (secondary N) is 2. The molecule has 4 atom stereocenters. The number of fused-ring (bicyclic) bond motifs is 1. The molecule has 0 bridgehead atoms. The van der Waals surface area contributed by atoms with Crippen LogP contribution in [-0.4, -0.2) is 53.5 Å². The van der Waals surface area contributed by atoms with Gasteiger partial charge in [-0.25, -0.2) is 5.10 Å².